The molecule has 0 aliphatic heterocycles. The maximum Gasteiger partial charge on any atom is 0.249 e. The molecule has 316 valence electrons. The summed E-state index contributed by atoms with van der Waals surface area (Å²) < 4.78 is 0. The summed E-state index contributed by atoms with van der Waals surface area (Å²) in [7, 11) is 3.07. The second-order valence-corrected chi connectivity index (χ2v) is 17.3. The molecule has 18 nitrogen and oxygen atoms in total. The summed E-state index contributed by atoms with van der Waals surface area (Å²) in [6.45, 7) is 10.1. The summed E-state index contributed by atoms with van der Waals surface area (Å²) in [5.41, 5.74) is -2.84. The van der Waals surface area contributed by atoms with Gasteiger partial charge in [0.1, 0.15) is 18.3 Å². The molecule has 0 bridgehead atoms. The molecule has 3 unspecified atom stereocenters. The molecule has 0 aromatic carbocycles. The number of carbonyl (C=O) groups excluding carboxylic acids is 6. The number of thiol groups is 1. The molecule has 0 aromatic rings. The van der Waals surface area contributed by atoms with E-state index in [0.717, 1.165) is 0 Å². The Morgan fingerprint density at radius 3 is 0.981 bits per heavy atom. The van der Waals surface area contributed by atoms with Gasteiger partial charge in [-0.3, -0.25) is 28.8 Å². The van der Waals surface area contributed by atoms with E-state index < -0.39 is 52.3 Å². The van der Waals surface area contributed by atoms with Crippen molar-refractivity contribution in [2.45, 2.75) is 79.1 Å². The molecule has 12 N–H and O–H groups in total. The molecule has 0 aliphatic carbocycles. The van der Waals surface area contributed by atoms with Crippen LogP contribution in [-0.2, 0) is 28.8 Å². The molecule has 0 aliphatic rings. The molecule has 6 amide bonds. The summed E-state index contributed by atoms with van der Waals surface area (Å²) in [6.07, 6.45) is -3.75. The van der Waals surface area contributed by atoms with Crippen molar-refractivity contribution < 1.29 is 59.4 Å². The number of amides is 6. The molecule has 0 saturated carbocycles. The molecular weight excluding hydrogens is 769 g/mol. The number of aliphatic hydroxyl groups excluding tert-OH is 6. The van der Waals surface area contributed by atoms with Crippen LogP contribution in [0.15, 0.2) is 0 Å². The predicted molar refractivity (Wildman–Crippen MR) is 211 cm³/mol. The van der Waals surface area contributed by atoms with Gasteiger partial charge in [-0.15, -0.1) is 0 Å². The Hall–Kier alpha value is -2.37. The summed E-state index contributed by atoms with van der Waals surface area (Å²) in [5.74, 6) is -0.639. The van der Waals surface area contributed by atoms with Gasteiger partial charge >= 0.3 is 0 Å². The van der Waals surface area contributed by atoms with Crippen LogP contribution < -0.4 is 31.9 Å². The quantitative estimate of drug-likeness (QED) is 0.0228. The Bertz CT molecular complexity index is 1090. The zero-order valence-electron chi connectivity index (χ0n) is 32.2. The standard InChI is InChI=1S/C22H42N4O8S2.C11H22N2O4S/c1-21(2,13-27)17(31)19(33)25-7-5-15(29)23-9-11-35-36-12-10-24-16(30)6-8-26-20(34)18(32)22(3,4)14-28;1-11(2,7-14)9(16)10(17)13-4-3-8(15)12-5-6-18/h17-18,27-28,31-32H,5-14H2,1-4H3,(H,23,29)(H,24,30)(H,25,33)(H,26,34);9,14,16,18H,3-7H2,1-2H3,(H,12,15)(H,13,17). The zero-order chi connectivity index (χ0) is 42.0. The smallest absolute Gasteiger partial charge is 0.249 e. The van der Waals surface area contributed by atoms with Crippen molar-refractivity contribution >= 4 is 69.7 Å². The third-order valence-corrected chi connectivity index (χ3v) is 10.3. The van der Waals surface area contributed by atoms with E-state index in [1.165, 1.54) is 21.6 Å². The lowest BCUT2D eigenvalue weighted by Gasteiger charge is -2.27. The third-order valence-electron chi connectivity index (χ3n) is 7.67. The SMILES string of the molecule is CC(C)(CO)C(O)C(=O)NCCC(=O)NCCS.CC(C)(CO)C(O)C(=O)NCCC(=O)NCCSSCCNC(=O)CCNC(=O)C(O)C(C)(C)CO. The fraction of sp³-hybridized carbons (Fsp3) is 0.818. The van der Waals surface area contributed by atoms with E-state index >= 15 is 0 Å². The van der Waals surface area contributed by atoms with Gasteiger partial charge in [0.25, 0.3) is 0 Å². The van der Waals surface area contributed by atoms with E-state index in [2.05, 4.69) is 44.5 Å². The van der Waals surface area contributed by atoms with Crippen LogP contribution in [-0.4, -0.2) is 161 Å². The van der Waals surface area contributed by atoms with Crippen molar-refractivity contribution in [3.8, 4) is 0 Å². The Morgan fingerprint density at radius 2 is 0.741 bits per heavy atom. The van der Waals surface area contributed by atoms with Gasteiger partial charge in [0, 0.05) is 92.0 Å². The monoisotopic (exact) mass is 832 g/mol. The van der Waals surface area contributed by atoms with Gasteiger partial charge in [-0.05, 0) is 0 Å². The normalized spacial score (nSPS) is 13.3. The van der Waals surface area contributed by atoms with Crippen molar-refractivity contribution in [1.82, 2.24) is 31.9 Å². The average Bonchev–Trinajstić information content (AvgIpc) is 3.13. The van der Waals surface area contributed by atoms with E-state index in [1.807, 2.05) is 0 Å². The maximum absolute atomic E-state index is 11.8. The van der Waals surface area contributed by atoms with Crippen molar-refractivity contribution in [3.05, 3.63) is 0 Å². The van der Waals surface area contributed by atoms with Crippen molar-refractivity contribution in [2.75, 3.05) is 76.3 Å². The van der Waals surface area contributed by atoms with Crippen molar-refractivity contribution in [3.63, 3.8) is 0 Å². The van der Waals surface area contributed by atoms with Crippen molar-refractivity contribution in [1.29, 1.82) is 0 Å². The maximum atomic E-state index is 11.8. The van der Waals surface area contributed by atoms with E-state index in [-0.39, 0.29) is 76.4 Å². The van der Waals surface area contributed by atoms with Crippen LogP contribution in [0.5, 0.6) is 0 Å². The van der Waals surface area contributed by atoms with Gasteiger partial charge in [0.15, 0.2) is 0 Å². The first-order valence-corrected chi connectivity index (χ1v) is 20.6. The lowest BCUT2D eigenvalue weighted by Crippen LogP contribution is -2.46. The van der Waals surface area contributed by atoms with E-state index in [1.54, 1.807) is 41.5 Å². The largest absolute Gasteiger partial charge is 0.396 e. The molecule has 0 saturated heterocycles. The van der Waals surface area contributed by atoms with Gasteiger partial charge in [0.2, 0.25) is 35.4 Å². The number of carbonyl (C=O) groups is 6. The van der Waals surface area contributed by atoms with Crippen LogP contribution >= 0.6 is 34.2 Å². The van der Waals surface area contributed by atoms with Gasteiger partial charge in [-0.1, -0.05) is 63.1 Å². The third kappa shape index (κ3) is 24.2. The highest BCUT2D eigenvalue weighted by atomic mass is 33.1. The highest BCUT2D eigenvalue weighted by Gasteiger charge is 2.34. The lowest BCUT2D eigenvalue weighted by molar-refractivity contribution is -0.137. The van der Waals surface area contributed by atoms with E-state index in [0.29, 0.717) is 36.9 Å². The number of hydrogen-bond donors (Lipinski definition) is 13. The number of aliphatic hydroxyl groups is 6. The topological polar surface area (TPSA) is 296 Å². The highest BCUT2D eigenvalue weighted by molar-refractivity contribution is 8.76. The molecule has 21 heteroatoms. The highest BCUT2D eigenvalue weighted by Crippen LogP contribution is 2.21. The Morgan fingerprint density at radius 1 is 0.481 bits per heavy atom. The Kier molecular flexibility index (Phi) is 28.8. The van der Waals surface area contributed by atoms with Gasteiger partial charge in [-0.2, -0.15) is 12.6 Å². The first-order valence-electron chi connectivity index (χ1n) is 17.5. The average molecular weight is 833 g/mol. The summed E-state index contributed by atoms with van der Waals surface area (Å²) in [4.78, 5) is 70.0. The predicted octanol–water partition coefficient (Wildman–Crippen LogP) is -2.71. The fourth-order valence-electron chi connectivity index (χ4n) is 3.55. The van der Waals surface area contributed by atoms with Crippen LogP contribution in [0.3, 0.4) is 0 Å². The fourth-order valence-corrected chi connectivity index (χ4v) is 5.48. The minimum Gasteiger partial charge on any atom is -0.396 e. The molecular formula is C33H64N6O12S3. The van der Waals surface area contributed by atoms with Crippen LogP contribution in [0.4, 0.5) is 0 Å². The molecule has 3 atom stereocenters. The second kappa shape index (κ2) is 29.0. The van der Waals surface area contributed by atoms with Crippen molar-refractivity contribution in [2.24, 2.45) is 16.2 Å². The van der Waals surface area contributed by atoms with Crippen LogP contribution in [0, 0.1) is 16.2 Å². The molecule has 0 aromatic heterocycles. The number of rotatable bonds is 27. The minimum atomic E-state index is -1.37. The molecule has 0 heterocycles. The molecule has 0 fully saturated rings. The first kappa shape index (κ1) is 53.7. The number of nitrogens with one attached hydrogen (secondary N) is 6. The summed E-state index contributed by atoms with van der Waals surface area (Å²) in [5, 5.41) is 72.3. The van der Waals surface area contributed by atoms with Gasteiger partial charge in [0.05, 0.1) is 19.8 Å². The second-order valence-electron chi connectivity index (χ2n) is 14.2. The molecule has 0 radical (unpaired) electrons. The Labute approximate surface area is 331 Å². The van der Waals surface area contributed by atoms with Crippen LogP contribution in [0.1, 0.15) is 60.8 Å². The van der Waals surface area contributed by atoms with E-state index in [9.17, 15) is 54.3 Å². The summed E-state index contributed by atoms with van der Waals surface area (Å²) in [6, 6.07) is 0. The molecule has 0 spiro atoms. The summed E-state index contributed by atoms with van der Waals surface area (Å²) >= 11 is 3.95. The van der Waals surface area contributed by atoms with Gasteiger partial charge < -0.3 is 62.5 Å². The van der Waals surface area contributed by atoms with Gasteiger partial charge in [-0.25, -0.2) is 0 Å². The lowest BCUT2D eigenvalue weighted by atomic mass is 9.87. The van der Waals surface area contributed by atoms with E-state index in [4.69, 9.17) is 5.11 Å². The Balaban J connectivity index is 0. The van der Waals surface area contributed by atoms with Crippen LogP contribution in [0.25, 0.3) is 0 Å². The van der Waals surface area contributed by atoms with Crippen LogP contribution in [0.2, 0.25) is 0 Å². The molecule has 0 rings (SSSR count). The first-order chi connectivity index (χ1) is 25.1. The minimum absolute atomic E-state index is 0.0699. The zero-order valence-corrected chi connectivity index (χ0v) is 34.8. The molecule has 54 heavy (non-hydrogen) atoms. The number of hydrogen-bond acceptors (Lipinski definition) is 15.